The predicted octanol–water partition coefficient (Wildman–Crippen LogP) is 4.02. The third-order valence-corrected chi connectivity index (χ3v) is 5.33. The zero-order valence-electron chi connectivity index (χ0n) is 16.5. The molecule has 6 nitrogen and oxygen atoms in total. The monoisotopic (exact) mass is 410 g/mol. The van der Waals surface area contributed by atoms with E-state index < -0.39 is 18.5 Å². The third-order valence-electron chi connectivity index (χ3n) is 4.57. The van der Waals surface area contributed by atoms with Crippen LogP contribution in [0.4, 0.5) is 5.13 Å². The van der Waals surface area contributed by atoms with Crippen molar-refractivity contribution in [1.82, 2.24) is 4.98 Å². The van der Waals surface area contributed by atoms with Crippen molar-refractivity contribution in [2.24, 2.45) is 0 Å². The number of carbonyl (C=O) groups excluding carboxylic acids is 2. The maximum atomic E-state index is 12.1. The normalized spacial score (nSPS) is 10.6. The van der Waals surface area contributed by atoms with Crippen molar-refractivity contribution in [2.75, 3.05) is 11.9 Å². The highest BCUT2D eigenvalue weighted by Crippen LogP contribution is 2.29. The molecule has 0 saturated carbocycles. The highest BCUT2D eigenvalue weighted by Gasteiger charge is 2.13. The van der Waals surface area contributed by atoms with Gasteiger partial charge in [0.2, 0.25) is 0 Å². The summed E-state index contributed by atoms with van der Waals surface area (Å²) in [7, 11) is 0. The minimum atomic E-state index is -0.602. The number of hydrogen-bond donors (Lipinski definition) is 2. The highest BCUT2D eigenvalue weighted by molar-refractivity contribution is 7.14. The molecular formula is C22H22N2O4S. The maximum absolute atomic E-state index is 12.1. The van der Waals surface area contributed by atoms with Crippen LogP contribution in [0.3, 0.4) is 0 Å². The number of ether oxygens (including phenoxy) is 1. The maximum Gasteiger partial charge on any atom is 0.338 e. The Morgan fingerprint density at radius 2 is 1.76 bits per heavy atom. The van der Waals surface area contributed by atoms with Gasteiger partial charge in [-0.1, -0.05) is 18.2 Å². The quantitative estimate of drug-likeness (QED) is 0.599. The molecule has 1 aromatic heterocycles. The lowest BCUT2D eigenvalue weighted by molar-refractivity contribution is -0.119. The van der Waals surface area contributed by atoms with Crippen LogP contribution < -0.4 is 5.32 Å². The van der Waals surface area contributed by atoms with Crippen LogP contribution in [0.25, 0.3) is 11.3 Å². The van der Waals surface area contributed by atoms with E-state index >= 15 is 0 Å². The minimum absolute atomic E-state index is 0.102. The van der Waals surface area contributed by atoms with Gasteiger partial charge in [0.05, 0.1) is 17.9 Å². The predicted molar refractivity (Wildman–Crippen MR) is 113 cm³/mol. The van der Waals surface area contributed by atoms with Crippen molar-refractivity contribution >= 4 is 28.3 Å². The molecule has 1 heterocycles. The van der Waals surface area contributed by atoms with Gasteiger partial charge < -0.3 is 9.84 Å². The van der Waals surface area contributed by atoms with Crippen LogP contribution in [0, 0.1) is 20.8 Å². The van der Waals surface area contributed by atoms with Gasteiger partial charge in [-0.15, -0.1) is 11.3 Å². The molecular weight excluding hydrogens is 388 g/mol. The van der Waals surface area contributed by atoms with Crippen LogP contribution in [-0.2, 0) is 16.1 Å². The fourth-order valence-electron chi connectivity index (χ4n) is 2.81. The summed E-state index contributed by atoms with van der Waals surface area (Å²) in [4.78, 5) is 28.6. The molecule has 150 valence electrons. The Balaban J connectivity index is 1.59. The second-order valence-electron chi connectivity index (χ2n) is 6.77. The molecule has 0 fully saturated rings. The number of aliphatic hydroxyl groups is 1. The number of esters is 1. The Bertz CT molecular complexity index is 1040. The number of thiazole rings is 1. The first-order valence-corrected chi connectivity index (χ1v) is 9.96. The number of nitrogens with one attached hydrogen (secondary N) is 1. The van der Waals surface area contributed by atoms with Crippen LogP contribution in [-0.4, -0.2) is 28.6 Å². The van der Waals surface area contributed by atoms with Crippen molar-refractivity contribution in [3.05, 3.63) is 69.6 Å². The van der Waals surface area contributed by atoms with Gasteiger partial charge in [-0.2, -0.15) is 0 Å². The summed E-state index contributed by atoms with van der Waals surface area (Å²) >= 11 is 1.32. The average Bonchev–Trinajstić information content (AvgIpc) is 3.17. The molecule has 0 aliphatic carbocycles. The van der Waals surface area contributed by atoms with E-state index in [0.717, 1.165) is 16.8 Å². The average molecular weight is 410 g/mol. The summed E-state index contributed by atoms with van der Waals surface area (Å²) in [5, 5.41) is 14.0. The van der Waals surface area contributed by atoms with Gasteiger partial charge in [-0.25, -0.2) is 9.78 Å². The number of amides is 1. The molecule has 0 saturated heterocycles. The molecule has 0 aliphatic rings. The fourth-order valence-corrected chi connectivity index (χ4v) is 3.53. The summed E-state index contributed by atoms with van der Waals surface area (Å²) in [6.07, 6.45) is 0. The van der Waals surface area contributed by atoms with Gasteiger partial charge in [-0.05, 0) is 61.2 Å². The van der Waals surface area contributed by atoms with Gasteiger partial charge in [0.15, 0.2) is 11.7 Å². The molecule has 3 aromatic rings. The van der Waals surface area contributed by atoms with E-state index in [1.54, 1.807) is 24.3 Å². The number of anilines is 1. The van der Waals surface area contributed by atoms with Crippen LogP contribution in [0.2, 0.25) is 0 Å². The van der Waals surface area contributed by atoms with Crippen LogP contribution in [0.5, 0.6) is 0 Å². The molecule has 1 amide bonds. The second-order valence-corrected chi connectivity index (χ2v) is 7.63. The van der Waals surface area contributed by atoms with E-state index in [2.05, 4.69) is 36.3 Å². The van der Waals surface area contributed by atoms with E-state index in [9.17, 15) is 9.59 Å². The summed E-state index contributed by atoms with van der Waals surface area (Å²) < 4.78 is 5.04. The van der Waals surface area contributed by atoms with Crippen LogP contribution in [0.15, 0.2) is 41.8 Å². The Labute approximate surface area is 173 Å². The minimum Gasteiger partial charge on any atom is -0.452 e. The number of hydrogen-bond acceptors (Lipinski definition) is 6. The van der Waals surface area contributed by atoms with Crippen molar-refractivity contribution < 1.29 is 19.4 Å². The Morgan fingerprint density at radius 1 is 1.07 bits per heavy atom. The Hall–Kier alpha value is -3.03. The number of aliphatic hydroxyl groups excluding tert-OH is 1. The van der Waals surface area contributed by atoms with Crippen molar-refractivity contribution in [3.8, 4) is 11.3 Å². The van der Waals surface area contributed by atoms with Crippen molar-refractivity contribution in [2.45, 2.75) is 27.4 Å². The SMILES string of the molecule is Cc1cc(C)c(-c2csc(NC(=O)COC(=O)c3ccc(CO)cc3)n2)cc1C. The molecule has 0 bridgehead atoms. The first-order chi connectivity index (χ1) is 13.9. The smallest absolute Gasteiger partial charge is 0.338 e. The number of rotatable bonds is 6. The molecule has 0 unspecified atom stereocenters. The number of benzene rings is 2. The van der Waals surface area contributed by atoms with Gasteiger partial charge in [-0.3, -0.25) is 10.1 Å². The first kappa shape index (κ1) is 20.7. The van der Waals surface area contributed by atoms with Crippen LogP contribution in [0.1, 0.15) is 32.6 Å². The van der Waals surface area contributed by atoms with E-state index in [1.165, 1.54) is 22.5 Å². The Kier molecular flexibility index (Phi) is 6.41. The standard InChI is InChI=1S/C22H22N2O4S/c1-13-8-15(3)18(9-14(13)2)19-12-29-22(23-19)24-20(26)11-28-21(27)17-6-4-16(10-25)5-7-17/h4-9,12,25H,10-11H2,1-3H3,(H,23,24,26). The molecule has 0 radical (unpaired) electrons. The summed E-state index contributed by atoms with van der Waals surface area (Å²) in [5.41, 5.74) is 6.37. The molecule has 2 aromatic carbocycles. The number of aryl methyl sites for hydroxylation is 3. The van der Waals surface area contributed by atoms with Crippen molar-refractivity contribution in [3.63, 3.8) is 0 Å². The lowest BCUT2D eigenvalue weighted by Gasteiger charge is -2.07. The molecule has 2 N–H and O–H groups in total. The first-order valence-electron chi connectivity index (χ1n) is 9.08. The Morgan fingerprint density at radius 3 is 2.45 bits per heavy atom. The summed E-state index contributed by atoms with van der Waals surface area (Å²) in [6, 6.07) is 10.6. The third kappa shape index (κ3) is 5.07. The largest absolute Gasteiger partial charge is 0.452 e. The molecule has 0 spiro atoms. The van der Waals surface area contributed by atoms with E-state index in [0.29, 0.717) is 16.3 Å². The summed E-state index contributed by atoms with van der Waals surface area (Å²) in [5.74, 6) is -1.06. The van der Waals surface area contributed by atoms with Gasteiger partial charge in [0.25, 0.3) is 5.91 Å². The highest BCUT2D eigenvalue weighted by atomic mass is 32.1. The molecule has 0 aliphatic heterocycles. The lowest BCUT2D eigenvalue weighted by Crippen LogP contribution is -2.20. The topological polar surface area (TPSA) is 88.5 Å². The zero-order chi connectivity index (χ0) is 21.0. The van der Waals surface area contributed by atoms with E-state index in [4.69, 9.17) is 9.84 Å². The number of aromatic nitrogens is 1. The second kappa shape index (κ2) is 8.98. The summed E-state index contributed by atoms with van der Waals surface area (Å²) in [6.45, 7) is 5.65. The lowest BCUT2D eigenvalue weighted by atomic mass is 9.99. The van der Waals surface area contributed by atoms with Gasteiger partial charge in [0, 0.05) is 10.9 Å². The van der Waals surface area contributed by atoms with Gasteiger partial charge >= 0.3 is 5.97 Å². The van der Waals surface area contributed by atoms with E-state index in [1.807, 2.05) is 12.3 Å². The van der Waals surface area contributed by atoms with Crippen molar-refractivity contribution in [1.29, 1.82) is 0 Å². The fraction of sp³-hybridized carbons (Fsp3) is 0.227. The zero-order valence-corrected chi connectivity index (χ0v) is 17.3. The number of carbonyl (C=O) groups is 2. The number of nitrogens with zero attached hydrogens (tertiary/aromatic N) is 1. The van der Waals surface area contributed by atoms with E-state index in [-0.39, 0.29) is 6.61 Å². The van der Waals surface area contributed by atoms with Crippen LogP contribution >= 0.6 is 11.3 Å². The van der Waals surface area contributed by atoms with Gasteiger partial charge in [0.1, 0.15) is 0 Å². The molecule has 3 rings (SSSR count). The molecule has 29 heavy (non-hydrogen) atoms. The molecule has 0 atom stereocenters. The molecule has 7 heteroatoms.